The van der Waals surface area contributed by atoms with Gasteiger partial charge in [-0.25, -0.2) is 0 Å². The smallest absolute Gasteiger partial charge is 0.0449 e. The first kappa shape index (κ1) is 7.95. The molecule has 1 N–H and O–H groups in total. The minimum atomic E-state index is 1.07. The maximum absolute atomic E-state index is 3.32. The van der Waals surface area contributed by atoms with Gasteiger partial charge in [0.05, 0.1) is 0 Å². The largest absolute Gasteiger partial charge is 0.384 e. The Morgan fingerprint density at radius 3 is 3.20 bits per heavy atom. The van der Waals surface area contributed by atoms with Gasteiger partial charge in [0.2, 0.25) is 0 Å². The maximum atomic E-state index is 3.32. The van der Waals surface area contributed by atoms with Crippen molar-refractivity contribution in [2.24, 2.45) is 0 Å². The van der Waals surface area contributed by atoms with Crippen molar-refractivity contribution in [2.75, 3.05) is 23.9 Å². The second-order valence-corrected chi connectivity index (χ2v) is 3.70. The summed E-state index contributed by atoms with van der Waals surface area (Å²) in [6, 6.07) is 2.10. The average molecular weight is 173 g/mol. The lowest BCUT2D eigenvalue weighted by atomic mass is 10.5. The molecule has 10 heavy (non-hydrogen) atoms. The number of nitrogens with one attached hydrogen (secondary N) is 1. The summed E-state index contributed by atoms with van der Waals surface area (Å²) in [6.07, 6.45) is 2.12. The molecule has 0 aliphatic carbocycles. The predicted octanol–water partition coefficient (Wildman–Crippen LogP) is 2.52. The molecule has 0 saturated heterocycles. The van der Waals surface area contributed by atoms with E-state index in [-0.39, 0.29) is 0 Å². The minimum absolute atomic E-state index is 1.07. The molecular weight excluding hydrogens is 162 g/mol. The van der Waals surface area contributed by atoms with E-state index in [0.717, 1.165) is 6.54 Å². The van der Waals surface area contributed by atoms with E-state index in [4.69, 9.17) is 0 Å². The highest BCUT2D eigenvalue weighted by Gasteiger charge is 1.88. The average Bonchev–Trinajstić information content (AvgIpc) is 2.41. The standard InChI is InChI=1S/C7H11NS2/c1-9-5-3-8-7-2-4-10-6-7/h2,4,6,8H,3,5H2,1H3. The Labute approximate surface area is 69.8 Å². The fourth-order valence-corrected chi connectivity index (χ4v) is 1.58. The summed E-state index contributed by atoms with van der Waals surface area (Å²) in [5, 5.41) is 7.53. The van der Waals surface area contributed by atoms with Crippen LogP contribution >= 0.6 is 23.1 Å². The van der Waals surface area contributed by atoms with E-state index in [2.05, 4.69) is 28.4 Å². The van der Waals surface area contributed by atoms with Crippen molar-refractivity contribution in [3.05, 3.63) is 16.8 Å². The predicted molar refractivity (Wildman–Crippen MR) is 51.2 cm³/mol. The van der Waals surface area contributed by atoms with Gasteiger partial charge in [0.15, 0.2) is 0 Å². The van der Waals surface area contributed by atoms with E-state index in [1.54, 1.807) is 11.3 Å². The molecule has 1 aromatic heterocycles. The Bertz CT molecular complexity index is 160. The van der Waals surface area contributed by atoms with Gasteiger partial charge in [-0.15, -0.1) is 0 Å². The van der Waals surface area contributed by atoms with Crippen molar-refractivity contribution in [3.63, 3.8) is 0 Å². The van der Waals surface area contributed by atoms with Gasteiger partial charge < -0.3 is 5.32 Å². The van der Waals surface area contributed by atoms with E-state index in [9.17, 15) is 0 Å². The molecule has 0 aliphatic rings. The van der Waals surface area contributed by atoms with Gasteiger partial charge in [0, 0.05) is 23.4 Å². The third-order valence-electron chi connectivity index (χ3n) is 1.16. The second kappa shape index (κ2) is 4.63. The van der Waals surface area contributed by atoms with Gasteiger partial charge in [0.1, 0.15) is 0 Å². The Kier molecular flexibility index (Phi) is 3.68. The SMILES string of the molecule is CSCCNc1ccsc1. The fourth-order valence-electron chi connectivity index (χ4n) is 0.662. The number of anilines is 1. The Morgan fingerprint density at radius 2 is 2.60 bits per heavy atom. The summed E-state index contributed by atoms with van der Waals surface area (Å²) in [5.41, 5.74) is 1.25. The van der Waals surface area contributed by atoms with Crippen LogP contribution in [0, 0.1) is 0 Å². The lowest BCUT2D eigenvalue weighted by Gasteiger charge is -1.99. The van der Waals surface area contributed by atoms with E-state index < -0.39 is 0 Å². The summed E-state index contributed by atoms with van der Waals surface area (Å²) < 4.78 is 0. The topological polar surface area (TPSA) is 12.0 Å². The van der Waals surface area contributed by atoms with Gasteiger partial charge >= 0.3 is 0 Å². The second-order valence-electron chi connectivity index (χ2n) is 1.93. The van der Waals surface area contributed by atoms with Crippen molar-refractivity contribution < 1.29 is 0 Å². The third kappa shape index (κ3) is 2.62. The number of rotatable bonds is 4. The molecule has 3 heteroatoms. The van der Waals surface area contributed by atoms with E-state index in [0.29, 0.717) is 0 Å². The van der Waals surface area contributed by atoms with Crippen LogP contribution < -0.4 is 5.32 Å². The lowest BCUT2D eigenvalue weighted by molar-refractivity contribution is 1.24. The van der Waals surface area contributed by atoms with Crippen LogP contribution in [0.1, 0.15) is 0 Å². The van der Waals surface area contributed by atoms with Crippen LogP contribution in [-0.4, -0.2) is 18.6 Å². The van der Waals surface area contributed by atoms with Crippen LogP contribution in [0.3, 0.4) is 0 Å². The molecule has 0 amide bonds. The van der Waals surface area contributed by atoms with Crippen LogP contribution in [0.15, 0.2) is 16.8 Å². The molecule has 0 aliphatic heterocycles. The van der Waals surface area contributed by atoms with Gasteiger partial charge in [0.25, 0.3) is 0 Å². The van der Waals surface area contributed by atoms with Gasteiger partial charge in [-0.3, -0.25) is 0 Å². The monoisotopic (exact) mass is 173 g/mol. The molecule has 1 aromatic rings. The van der Waals surface area contributed by atoms with E-state index in [1.165, 1.54) is 11.4 Å². The highest BCUT2D eigenvalue weighted by atomic mass is 32.2. The normalized spacial score (nSPS) is 9.70. The summed E-state index contributed by atoms with van der Waals surface area (Å²) in [7, 11) is 0. The molecule has 0 aromatic carbocycles. The quantitative estimate of drug-likeness (QED) is 0.702. The van der Waals surface area contributed by atoms with Gasteiger partial charge in [-0.2, -0.15) is 23.1 Å². The first-order chi connectivity index (χ1) is 4.93. The number of hydrogen-bond donors (Lipinski definition) is 1. The maximum Gasteiger partial charge on any atom is 0.0449 e. The molecule has 0 saturated carbocycles. The molecule has 1 rings (SSSR count). The van der Waals surface area contributed by atoms with Crippen LogP contribution in [-0.2, 0) is 0 Å². The summed E-state index contributed by atoms with van der Waals surface area (Å²) in [4.78, 5) is 0. The Morgan fingerprint density at radius 1 is 1.70 bits per heavy atom. The summed E-state index contributed by atoms with van der Waals surface area (Å²) >= 11 is 3.59. The highest BCUT2D eigenvalue weighted by Crippen LogP contribution is 2.11. The molecule has 1 nitrogen and oxygen atoms in total. The van der Waals surface area contributed by atoms with Gasteiger partial charge in [-0.05, 0) is 17.7 Å². The van der Waals surface area contributed by atoms with Crippen molar-refractivity contribution >= 4 is 28.8 Å². The van der Waals surface area contributed by atoms with Crippen molar-refractivity contribution in [1.82, 2.24) is 0 Å². The van der Waals surface area contributed by atoms with Crippen LogP contribution in [0.4, 0.5) is 5.69 Å². The highest BCUT2D eigenvalue weighted by molar-refractivity contribution is 7.98. The molecule has 1 heterocycles. The molecule has 0 atom stereocenters. The van der Waals surface area contributed by atoms with Crippen molar-refractivity contribution in [2.45, 2.75) is 0 Å². The van der Waals surface area contributed by atoms with E-state index >= 15 is 0 Å². The molecule has 56 valence electrons. The number of thiophene rings is 1. The van der Waals surface area contributed by atoms with Crippen LogP contribution in [0.5, 0.6) is 0 Å². The summed E-state index contributed by atoms with van der Waals surface area (Å²) in [5.74, 6) is 1.18. The zero-order valence-corrected chi connectivity index (χ0v) is 7.60. The Balaban J connectivity index is 2.15. The molecule has 0 fully saturated rings. The molecule has 0 unspecified atom stereocenters. The molecule has 0 bridgehead atoms. The molecular formula is C7H11NS2. The lowest BCUT2D eigenvalue weighted by Crippen LogP contribution is -2.01. The fraction of sp³-hybridized carbons (Fsp3) is 0.429. The summed E-state index contributed by atoms with van der Waals surface area (Å²) in [6.45, 7) is 1.07. The molecule has 0 spiro atoms. The van der Waals surface area contributed by atoms with Crippen LogP contribution in [0.2, 0.25) is 0 Å². The zero-order valence-electron chi connectivity index (χ0n) is 5.96. The third-order valence-corrected chi connectivity index (χ3v) is 2.45. The number of hydrogen-bond acceptors (Lipinski definition) is 3. The van der Waals surface area contributed by atoms with Crippen molar-refractivity contribution in [3.8, 4) is 0 Å². The minimum Gasteiger partial charge on any atom is -0.384 e. The Hall–Kier alpha value is -0.150. The van der Waals surface area contributed by atoms with Crippen molar-refractivity contribution in [1.29, 1.82) is 0 Å². The van der Waals surface area contributed by atoms with Crippen LogP contribution in [0.25, 0.3) is 0 Å². The molecule has 0 radical (unpaired) electrons. The first-order valence-electron chi connectivity index (χ1n) is 3.18. The zero-order chi connectivity index (χ0) is 7.23. The number of thioether (sulfide) groups is 1. The van der Waals surface area contributed by atoms with E-state index in [1.807, 2.05) is 11.8 Å². The van der Waals surface area contributed by atoms with Gasteiger partial charge in [-0.1, -0.05) is 0 Å². The first-order valence-corrected chi connectivity index (χ1v) is 5.52.